The van der Waals surface area contributed by atoms with Crippen molar-refractivity contribution in [2.75, 3.05) is 13.6 Å². The molecule has 1 aromatic heterocycles. The Balaban J connectivity index is 1.50. The monoisotopic (exact) mass is 419 g/mol. The normalized spacial score (nSPS) is 13.6. The molecule has 2 aromatic rings. The first-order valence-corrected chi connectivity index (χ1v) is 11.1. The lowest BCUT2D eigenvalue weighted by molar-refractivity contribution is -0.121. The van der Waals surface area contributed by atoms with Gasteiger partial charge in [0.25, 0.3) is 11.8 Å². The summed E-state index contributed by atoms with van der Waals surface area (Å²) in [6.07, 6.45) is 4.53. The predicted octanol–water partition coefficient (Wildman–Crippen LogP) is 1.93. The zero-order valence-electron chi connectivity index (χ0n) is 15.3. The van der Waals surface area contributed by atoms with Gasteiger partial charge in [-0.25, -0.2) is 8.42 Å². The summed E-state index contributed by atoms with van der Waals surface area (Å²) in [5.74, 6) is -1.03. The number of rotatable bonds is 6. The van der Waals surface area contributed by atoms with Crippen LogP contribution in [0.2, 0.25) is 0 Å². The molecule has 28 heavy (non-hydrogen) atoms. The number of carbonyl (C=O) groups excluding carboxylic acids is 2. The Bertz CT molecular complexity index is 976. The number of aryl methyl sites for hydroxylation is 2. The lowest BCUT2D eigenvalue weighted by Crippen LogP contribution is -2.46. The number of fused-ring (bicyclic) bond motifs is 1. The second-order valence-corrected chi connectivity index (χ2v) is 9.49. The van der Waals surface area contributed by atoms with Crippen LogP contribution in [0.4, 0.5) is 0 Å². The second kappa shape index (κ2) is 8.68. The van der Waals surface area contributed by atoms with Crippen molar-refractivity contribution < 1.29 is 18.0 Å². The molecule has 1 heterocycles. The van der Waals surface area contributed by atoms with Crippen molar-refractivity contribution >= 4 is 39.3 Å². The second-order valence-electron chi connectivity index (χ2n) is 6.43. The third-order valence-corrected chi connectivity index (χ3v) is 7.03. The van der Waals surface area contributed by atoms with Gasteiger partial charge in [-0.05, 0) is 42.5 Å². The number of sulfonamides is 1. The van der Waals surface area contributed by atoms with E-state index >= 15 is 0 Å². The van der Waals surface area contributed by atoms with E-state index in [-0.39, 0.29) is 0 Å². The average molecular weight is 420 g/mol. The third kappa shape index (κ3) is 5.06. The molecule has 1 aromatic carbocycles. The fraction of sp³-hybridized carbons (Fsp3) is 0.263. The number of carbonyl (C=O) groups is 2. The Morgan fingerprint density at radius 3 is 2.64 bits per heavy atom. The molecule has 0 saturated heterocycles. The maximum Gasteiger partial charge on any atom is 0.279 e. The van der Waals surface area contributed by atoms with Crippen LogP contribution in [0.15, 0.2) is 41.8 Å². The molecule has 2 N–H and O–H groups in total. The van der Waals surface area contributed by atoms with Gasteiger partial charge in [0, 0.05) is 17.3 Å². The molecule has 0 atom stereocenters. The van der Waals surface area contributed by atoms with E-state index in [4.69, 9.17) is 0 Å². The molecule has 0 fully saturated rings. The summed E-state index contributed by atoms with van der Waals surface area (Å²) in [4.78, 5) is 25.9. The summed E-state index contributed by atoms with van der Waals surface area (Å²) < 4.78 is 25.4. The highest BCUT2D eigenvalue weighted by molar-refractivity contribution is 7.92. The van der Waals surface area contributed by atoms with E-state index in [1.54, 1.807) is 24.3 Å². The number of hydrogen-bond acceptors (Lipinski definition) is 5. The van der Waals surface area contributed by atoms with Gasteiger partial charge in [-0.3, -0.25) is 20.4 Å². The number of nitrogens with one attached hydrogen (secondary N) is 2. The van der Waals surface area contributed by atoms with Crippen molar-refractivity contribution in [3.8, 4) is 0 Å². The number of nitrogens with zero attached hydrogens (tertiary/aromatic N) is 1. The number of hydrogen-bond donors (Lipinski definition) is 2. The zero-order valence-corrected chi connectivity index (χ0v) is 17.0. The van der Waals surface area contributed by atoms with Crippen LogP contribution in [0.3, 0.4) is 0 Å². The molecular weight excluding hydrogens is 398 g/mol. The topological polar surface area (TPSA) is 95.6 Å². The number of amides is 2. The van der Waals surface area contributed by atoms with Crippen LogP contribution in [0, 0.1) is 0 Å². The Hall–Kier alpha value is -2.49. The minimum atomic E-state index is -3.76. The quantitative estimate of drug-likeness (QED) is 0.700. The van der Waals surface area contributed by atoms with Crippen LogP contribution in [0.5, 0.6) is 0 Å². The summed E-state index contributed by atoms with van der Waals surface area (Å²) in [5.41, 5.74) is 6.52. The van der Waals surface area contributed by atoms with Gasteiger partial charge < -0.3 is 0 Å². The van der Waals surface area contributed by atoms with Crippen LogP contribution in [0.1, 0.15) is 32.1 Å². The molecule has 1 aliphatic rings. The fourth-order valence-electron chi connectivity index (χ4n) is 2.79. The van der Waals surface area contributed by atoms with Crippen molar-refractivity contribution in [2.24, 2.45) is 0 Å². The van der Waals surface area contributed by atoms with Gasteiger partial charge in [-0.15, -0.1) is 11.3 Å². The van der Waals surface area contributed by atoms with E-state index in [0.29, 0.717) is 4.88 Å². The molecule has 0 bridgehead atoms. The molecule has 148 valence electrons. The first-order valence-electron chi connectivity index (χ1n) is 8.75. The van der Waals surface area contributed by atoms with Gasteiger partial charge in [0.05, 0.1) is 11.4 Å². The summed E-state index contributed by atoms with van der Waals surface area (Å²) in [6, 6.07) is 10.8. The van der Waals surface area contributed by atoms with E-state index in [0.717, 1.165) is 34.5 Å². The lowest BCUT2D eigenvalue weighted by Gasteiger charge is -2.14. The van der Waals surface area contributed by atoms with Gasteiger partial charge in [0.2, 0.25) is 10.0 Å². The van der Waals surface area contributed by atoms with Crippen LogP contribution < -0.4 is 10.9 Å². The van der Waals surface area contributed by atoms with E-state index in [9.17, 15) is 18.0 Å². The Kier molecular flexibility index (Phi) is 6.28. The smallest absolute Gasteiger partial charge is 0.272 e. The average Bonchev–Trinajstić information content (AvgIpc) is 3.27. The van der Waals surface area contributed by atoms with Crippen molar-refractivity contribution in [3.63, 3.8) is 0 Å². The molecule has 3 rings (SSSR count). The molecule has 9 heteroatoms. The standard InChI is InChI=1S/C19H21N3O4S2/c1-22(28(25,26)11-10-14-6-3-2-4-7-14)13-18(23)20-21-19(24)17-12-15-8-5-9-16(15)27-17/h2-4,6-7,10-12H,5,8-9,13H2,1H3,(H,20,23)(H,21,24). The van der Waals surface area contributed by atoms with Gasteiger partial charge in [-0.2, -0.15) is 4.31 Å². The first kappa shape index (κ1) is 20.2. The van der Waals surface area contributed by atoms with Crippen molar-refractivity contribution in [1.82, 2.24) is 15.2 Å². The minimum absolute atomic E-state index is 0.401. The molecule has 0 radical (unpaired) electrons. The van der Waals surface area contributed by atoms with Gasteiger partial charge in [-0.1, -0.05) is 30.3 Å². The molecule has 0 saturated carbocycles. The third-order valence-electron chi connectivity index (χ3n) is 4.32. The molecule has 0 aliphatic heterocycles. The van der Waals surface area contributed by atoms with E-state index in [1.165, 1.54) is 34.9 Å². The highest BCUT2D eigenvalue weighted by atomic mass is 32.2. The maximum absolute atomic E-state index is 12.3. The van der Waals surface area contributed by atoms with Gasteiger partial charge in [0.15, 0.2) is 0 Å². The molecule has 2 amide bonds. The SMILES string of the molecule is CN(CC(=O)NNC(=O)c1cc2c(s1)CCC2)S(=O)(=O)C=Cc1ccccc1. The highest BCUT2D eigenvalue weighted by Crippen LogP contribution is 2.30. The molecule has 7 nitrogen and oxygen atoms in total. The van der Waals surface area contributed by atoms with E-state index in [2.05, 4.69) is 10.9 Å². The van der Waals surface area contributed by atoms with Gasteiger partial charge >= 0.3 is 0 Å². The number of hydrazine groups is 1. The Labute approximate surface area is 168 Å². The minimum Gasteiger partial charge on any atom is -0.272 e. The number of thiophene rings is 1. The number of likely N-dealkylation sites (N-methyl/N-ethyl adjacent to an activating group) is 1. The molecular formula is C19H21N3O4S2. The summed E-state index contributed by atoms with van der Waals surface area (Å²) in [6.45, 7) is -0.414. The summed E-state index contributed by atoms with van der Waals surface area (Å²) in [5, 5.41) is 1.04. The van der Waals surface area contributed by atoms with Crippen LogP contribution in [-0.4, -0.2) is 38.1 Å². The van der Waals surface area contributed by atoms with Gasteiger partial charge in [0.1, 0.15) is 0 Å². The van der Waals surface area contributed by atoms with Crippen LogP contribution in [-0.2, 0) is 27.7 Å². The molecule has 0 spiro atoms. The van der Waals surface area contributed by atoms with Crippen molar-refractivity contribution in [1.29, 1.82) is 0 Å². The lowest BCUT2D eigenvalue weighted by atomic mass is 10.2. The summed E-state index contributed by atoms with van der Waals surface area (Å²) >= 11 is 1.43. The predicted molar refractivity (Wildman–Crippen MR) is 109 cm³/mol. The van der Waals surface area contributed by atoms with Crippen LogP contribution in [0.25, 0.3) is 6.08 Å². The zero-order chi connectivity index (χ0) is 20.1. The Morgan fingerprint density at radius 1 is 1.18 bits per heavy atom. The first-order chi connectivity index (χ1) is 13.3. The van der Waals surface area contributed by atoms with E-state index < -0.39 is 28.4 Å². The van der Waals surface area contributed by atoms with Crippen molar-refractivity contribution in [3.05, 3.63) is 62.7 Å². The van der Waals surface area contributed by atoms with Crippen LogP contribution >= 0.6 is 11.3 Å². The van der Waals surface area contributed by atoms with E-state index in [1.807, 2.05) is 12.1 Å². The summed E-state index contributed by atoms with van der Waals surface area (Å²) in [7, 11) is -2.46. The highest BCUT2D eigenvalue weighted by Gasteiger charge is 2.20. The largest absolute Gasteiger partial charge is 0.279 e. The fourth-order valence-corrected chi connectivity index (χ4v) is 4.78. The number of benzene rings is 1. The Morgan fingerprint density at radius 2 is 1.93 bits per heavy atom. The maximum atomic E-state index is 12.3. The molecule has 0 unspecified atom stereocenters. The molecule has 1 aliphatic carbocycles. The van der Waals surface area contributed by atoms with Crippen molar-refractivity contribution in [2.45, 2.75) is 19.3 Å².